The first-order chi connectivity index (χ1) is 13.7. The largest absolute Gasteiger partial charge is 0.368 e. The highest BCUT2D eigenvalue weighted by atomic mass is 16.1. The van der Waals surface area contributed by atoms with E-state index in [4.69, 9.17) is 0 Å². The minimum atomic E-state index is 0.0483. The van der Waals surface area contributed by atoms with Crippen LogP contribution in [0.4, 0.5) is 23.1 Å². The standard InChI is InChI=1S/C21H22N6O/c1-16(28)17-7-9-18(10-8-17)23-20-15-22-25-21(24-20)27-13-11-26(12-14-27)19-5-3-2-4-6-19/h2-10,15H,11-14H2,1H3,(H,23,24,25). The number of piperazine rings is 1. The van der Waals surface area contributed by atoms with Gasteiger partial charge in [0.15, 0.2) is 11.6 Å². The first-order valence-corrected chi connectivity index (χ1v) is 9.32. The van der Waals surface area contributed by atoms with Crippen LogP contribution in [0.5, 0.6) is 0 Å². The van der Waals surface area contributed by atoms with Crippen molar-refractivity contribution in [3.8, 4) is 0 Å². The molecule has 1 N–H and O–H groups in total. The SMILES string of the molecule is CC(=O)c1ccc(Nc2cnnc(N3CCN(c4ccccc4)CC3)n2)cc1. The first kappa shape index (κ1) is 17.9. The Bertz CT molecular complexity index is 937. The minimum absolute atomic E-state index is 0.0483. The van der Waals surface area contributed by atoms with E-state index in [1.165, 1.54) is 5.69 Å². The van der Waals surface area contributed by atoms with Crippen molar-refractivity contribution in [1.29, 1.82) is 0 Å². The Hall–Kier alpha value is -3.48. The Kier molecular flexibility index (Phi) is 5.14. The molecule has 7 nitrogen and oxygen atoms in total. The van der Waals surface area contributed by atoms with Crippen molar-refractivity contribution in [3.63, 3.8) is 0 Å². The van der Waals surface area contributed by atoms with E-state index in [0.717, 1.165) is 31.9 Å². The van der Waals surface area contributed by atoms with Crippen molar-refractivity contribution < 1.29 is 4.79 Å². The van der Waals surface area contributed by atoms with Gasteiger partial charge >= 0.3 is 0 Å². The number of nitrogens with one attached hydrogen (secondary N) is 1. The smallest absolute Gasteiger partial charge is 0.247 e. The topological polar surface area (TPSA) is 74.2 Å². The molecule has 142 valence electrons. The van der Waals surface area contributed by atoms with E-state index in [0.29, 0.717) is 17.3 Å². The van der Waals surface area contributed by atoms with Gasteiger partial charge in [-0.15, -0.1) is 5.10 Å². The van der Waals surface area contributed by atoms with E-state index in [2.05, 4.69) is 54.6 Å². The fraction of sp³-hybridized carbons (Fsp3) is 0.238. The molecule has 4 rings (SSSR count). The van der Waals surface area contributed by atoms with E-state index >= 15 is 0 Å². The summed E-state index contributed by atoms with van der Waals surface area (Å²) in [5, 5.41) is 11.5. The molecule has 7 heteroatoms. The summed E-state index contributed by atoms with van der Waals surface area (Å²) in [5.74, 6) is 1.30. The van der Waals surface area contributed by atoms with Crippen LogP contribution in [0.2, 0.25) is 0 Å². The van der Waals surface area contributed by atoms with Gasteiger partial charge < -0.3 is 15.1 Å². The molecule has 1 aromatic heterocycles. The van der Waals surface area contributed by atoms with Crippen LogP contribution in [0, 0.1) is 0 Å². The molecule has 0 amide bonds. The van der Waals surface area contributed by atoms with Gasteiger partial charge in [-0.3, -0.25) is 4.79 Å². The summed E-state index contributed by atoms with van der Waals surface area (Å²) in [6.45, 7) is 5.07. The molecule has 2 aromatic carbocycles. The van der Waals surface area contributed by atoms with Crippen LogP contribution in [0.1, 0.15) is 17.3 Å². The highest BCUT2D eigenvalue weighted by Crippen LogP contribution is 2.20. The number of aromatic nitrogens is 3. The number of para-hydroxylation sites is 1. The van der Waals surface area contributed by atoms with Crippen molar-refractivity contribution in [2.24, 2.45) is 0 Å². The predicted molar refractivity (Wildman–Crippen MR) is 110 cm³/mol. The number of hydrogen-bond donors (Lipinski definition) is 1. The molecule has 1 fully saturated rings. The summed E-state index contributed by atoms with van der Waals surface area (Å²) in [6.07, 6.45) is 1.60. The van der Waals surface area contributed by atoms with Gasteiger partial charge in [0.25, 0.3) is 0 Å². The van der Waals surface area contributed by atoms with E-state index < -0.39 is 0 Å². The van der Waals surface area contributed by atoms with Gasteiger partial charge in [0.1, 0.15) is 0 Å². The van der Waals surface area contributed by atoms with Gasteiger partial charge in [0.05, 0.1) is 6.20 Å². The molecule has 0 radical (unpaired) electrons. The normalized spacial score (nSPS) is 14.0. The highest BCUT2D eigenvalue weighted by molar-refractivity contribution is 5.94. The number of nitrogens with zero attached hydrogens (tertiary/aromatic N) is 5. The Morgan fingerprint density at radius 3 is 2.29 bits per heavy atom. The summed E-state index contributed by atoms with van der Waals surface area (Å²) >= 11 is 0. The third kappa shape index (κ3) is 4.09. The van der Waals surface area contributed by atoms with Crippen LogP contribution in [0.15, 0.2) is 60.8 Å². The van der Waals surface area contributed by atoms with Crippen molar-refractivity contribution in [2.45, 2.75) is 6.92 Å². The lowest BCUT2D eigenvalue weighted by Gasteiger charge is -2.35. The average Bonchev–Trinajstić information content (AvgIpc) is 2.75. The second-order valence-electron chi connectivity index (χ2n) is 6.71. The summed E-state index contributed by atoms with van der Waals surface area (Å²) in [6, 6.07) is 17.7. The third-order valence-corrected chi connectivity index (χ3v) is 4.80. The monoisotopic (exact) mass is 374 g/mol. The molecule has 0 aliphatic carbocycles. The number of Topliss-reactive ketones (excluding diaryl/α,β-unsaturated/α-hetero) is 1. The van der Waals surface area contributed by atoms with E-state index in [-0.39, 0.29) is 5.78 Å². The zero-order valence-corrected chi connectivity index (χ0v) is 15.7. The van der Waals surface area contributed by atoms with Crippen LogP contribution in [-0.4, -0.2) is 47.1 Å². The maximum absolute atomic E-state index is 11.4. The van der Waals surface area contributed by atoms with E-state index in [1.807, 2.05) is 18.2 Å². The van der Waals surface area contributed by atoms with Crippen LogP contribution >= 0.6 is 0 Å². The molecular formula is C21H22N6O. The summed E-state index contributed by atoms with van der Waals surface area (Å²) < 4.78 is 0. The molecule has 0 unspecified atom stereocenters. The quantitative estimate of drug-likeness (QED) is 0.688. The molecule has 2 heterocycles. The minimum Gasteiger partial charge on any atom is -0.368 e. The predicted octanol–water partition coefficient (Wildman–Crippen LogP) is 3.14. The van der Waals surface area contributed by atoms with Crippen molar-refractivity contribution >= 4 is 28.9 Å². The van der Waals surface area contributed by atoms with Gasteiger partial charge in [-0.1, -0.05) is 18.2 Å². The Balaban J connectivity index is 1.41. The van der Waals surface area contributed by atoms with E-state index in [9.17, 15) is 4.79 Å². The maximum Gasteiger partial charge on any atom is 0.247 e. The molecule has 1 aliphatic rings. The molecular weight excluding hydrogens is 352 g/mol. The second kappa shape index (κ2) is 8.04. The number of ketones is 1. The van der Waals surface area contributed by atoms with Gasteiger partial charge in [0.2, 0.25) is 5.95 Å². The maximum atomic E-state index is 11.4. The molecule has 1 aliphatic heterocycles. The number of carbonyl (C=O) groups is 1. The van der Waals surface area contributed by atoms with Crippen molar-refractivity contribution in [1.82, 2.24) is 15.2 Å². The zero-order chi connectivity index (χ0) is 19.3. The van der Waals surface area contributed by atoms with E-state index in [1.54, 1.807) is 25.3 Å². The second-order valence-corrected chi connectivity index (χ2v) is 6.71. The van der Waals surface area contributed by atoms with Gasteiger partial charge in [0, 0.05) is 43.1 Å². The van der Waals surface area contributed by atoms with Crippen LogP contribution in [0.25, 0.3) is 0 Å². The van der Waals surface area contributed by atoms with Gasteiger partial charge in [-0.25, -0.2) is 0 Å². The molecule has 28 heavy (non-hydrogen) atoms. The number of anilines is 4. The lowest BCUT2D eigenvalue weighted by atomic mass is 10.1. The molecule has 3 aromatic rings. The number of carbonyl (C=O) groups excluding carboxylic acids is 1. The summed E-state index contributed by atoms with van der Waals surface area (Å²) in [7, 11) is 0. The highest BCUT2D eigenvalue weighted by Gasteiger charge is 2.19. The molecule has 0 spiro atoms. The Morgan fingerprint density at radius 1 is 0.929 bits per heavy atom. The van der Waals surface area contributed by atoms with Crippen molar-refractivity contribution in [3.05, 3.63) is 66.4 Å². The van der Waals surface area contributed by atoms with Crippen LogP contribution in [-0.2, 0) is 0 Å². The average molecular weight is 374 g/mol. The summed E-state index contributed by atoms with van der Waals surface area (Å²) in [5.41, 5.74) is 2.78. The third-order valence-electron chi connectivity index (χ3n) is 4.80. The summed E-state index contributed by atoms with van der Waals surface area (Å²) in [4.78, 5) is 20.5. The number of rotatable bonds is 5. The fourth-order valence-corrected chi connectivity index (χ4v) is 3.23. The lowest BCUT2D eigenvalue weighted by Crippen LogP contribution is -2.47. The zero-order valence-electron chi connectivity index (χ0n) is 15.7. The van der Waals surface area contributed by atoms with Gasteiger partial charge in [-0.2, -0.15) is 10.1 Å². The Labute approximate surface area is 164 Å². The van der Waals surface area contributed by atoms with Crippen molar-refractivity contribution in [2.75, 3.05) is 41.3 Å². The lowest BCUT2D eigenvalue weighted by molar-refractivity contribution is 0.101. The number of benzene rings is 2. The molecule has 0 saturated carbocycles. The molecule has 1 saturated heterocycles. The molecule has 0 bridgehead atoms. The first-order valence-electron chi connectivity index (χ1n) is 9.32. The number of hydrogen-bond acceptors (Lipinski definition) is 7. The Morgan fingerprint density at radius 2 is 1.61 bits per heavy atom. The fourth-order valence-electron chi connectivity index (χ4n) is 3.23. The van der Waals surface area contributed by atoms with Crippen LogP contribution in [0.3, 0.4) is 0 Å². The van der Waals surface area contributed by atoms with Crippen LogP contribution < -0.4 is 15.1 Å². The van der Waals surface area contributed by atoms with Gasteiger partial charge in [-0.05, 0) is 43.3 Å². The molecule has 0 atom stereocenters.